The second-order valence-electron chi connectivity index (χ2n) is 4.05. The maximum Gasteiger partial charge on any atom is 0.153 e. The standard InChI is InChI=1S/C13H20O4S/c1-3-12(14)11-7-5-6-8-13(11)17-9-10-18(15,16)4-2/h5-8,12,14H,3-4,9-10H2,1-2H3/t12-/m1/s1. The topological polar surface area (TPSA) is 63.6 Å². The minimum absolute atomic E-state index is 0.0000541. The molecule has 1 N–H and O–H groups in total. The molecule has 0 saturated heterocycles. The molecule has 18 heavy (non-hydrogen) atoms. The molecule has 0 radical (unpaired) electrons. The van der Waals surface area contributed by atoms with Crippen LogP contribution in [-0.2, 0) is 9.84 Å². The van der Waals surface area contributed by atoms with Crippen LogP contribution in [0.5, 0.6) is 5.75 Å². The van der Waals surface area contributed by atoms with Gasteiger partial charge in [0.1, 0.15) is 12.4 Å². The molecule has 1 rings (SSSR count). The summed E-state index contributed by atoms with van der Waals surface area (Å²) < 4.78 is 28.1. The molecule has 0 aliphatic carbocycles. The molecule has 0 heterocycles. The van der Waals surface area contributed by atoms with Gasteiger partial charge in [0.25, 0.3) is 0 Å². The van der Waals surface area contributed by atoms with Crippen LogP contribution < -0.4 is 4.74 Å². The van der Waals surface area contributed by atoms with Crippen LogP contribution in [0.4, 0.5) is 0 Å². The molecular weight excluding hydrogens is 252 g/mol. The number of para-hydroxylation sites is 1. The minimum Gasteiger partial charge on any atom is -0.492 e. The number of sulfone groups is 1. The Balaban J connectivity index is 2.68. The first-order valence-corrected chi connectivity index (χ1v) is 7.92. The van der Waals surface area contributed by atoms with Gasteiger partial charge in [0.05, 0.1) is 11.9 Å². The molecule has 5 heteroatoms. The van der Waals surface area contributed by atoms with Gasteiger partial charge in [-0.3, -0.25) is 0 Å². The van der Waals surface area contributed by atoms with Gasteiger partial charge in [-0.2, -0.15) is 0 Å². The normalized spacial score (nSPS) is 13.3. The van der Waals surface area contributed by atoms with Crippen molar-refractivity contribution in [2.24, 2.45) is 0 Å². The van der Waals surface area contributed by atoms with Gasteiger partial charge >= 0.3 is 0 Å². The average molecular weight is 272 g/mol. The molecule has 0 aliphatic heterocycles. The highest BCUT2D eigenvalue weighted by atomic mass is 32.2. The maximum absolute atomic E-state index is 11.3. The lowest BCUT2D eigenvalue weighted by Gasteiger charge is -2.14. The molecule has 1 atom stereocenters. The number of aliphatic hydroxyl groups excluding tert-OH is 1. The van der Waals surface area contributed by atoms with Crippen LogP contribution in [0.2, 0.25) is 0 Å². The lowest BCUT2D eigenvalue weighted by Crippen LogP contribution is -2.16. The molecule has 4 nitrogen and oxygen atoms in total. The monoisotopic (exact) mass is 272 g/mol. The van der Waals surface area contributed by atoms with Gasteiger partial charge in [-0.15, -0.1) is 0 Å². The van der Waals surface area contributed by atoms with E-state index in [0.29, 0.717) is 17.7 Å². The molecule has 1 aromatic carbocycles. The third-order valence-corrected chi connectivity index (χ3v) is 4.42. The van der Waals surface area contributed by atoms with E-state index >= 15 is 0 Å². The van der Waals surface area contributed by atoms with Gasteiger partial charge in [0.15, 0.2) is 9.84 Å². The summed E-state index contributed by atoms with van der Waals surface area (Å²) in [4.78, 5) is 0. The zero-order valence-electron chi connectivity index (χ0n) is 10.8. The Labute approximate surface area is 109 Å². The summed E-state index contributed by atoms with van der Waals surface area (Å²) in [6.45, 7) is 3.61. The SMILES string of the molecule is CC[C@@H](O)c1ccccc1OCCS(=O)(=O)CC. The third kappa shape index (κ3) is 4.31. The number of aliphatic hydroxyl groups is 1. The van der Waals surface area contributed by atoms with E-state index in [4.69, 9.17) is 4.74 Å². The molecule has 0 saturated carbocycles. The zero-order valence-corrected chi connectivity index (χ0v) is 11.6. The minimum atomic E-state index is -3.02. The highest BCUT2D eigenvalue weighted by Crippen LogP contribution is 2.26. The first kappa shape index (κ1) is 15.0. The number of hydrogen-bond donors (Lipinski definition) is 1. The maximum atomic E-state index is 11.3. The van der Waals surface area contributed by atoms with Crippen molar-refractivity contribution in [3.63, 3.8) is 0 Å². The number of ether oxygens (including phenoxy) is 1. The molecule has 0 spiro atoms. The Morgan fingerprint density at radius 3 is 2.56 bits per heavy atom. The zero-order chi connectivity index (χ0) is 13.6. The van der Waals surface area contributed by atoms with E-state index in [1.54, 1.807) is 25.1 Å². The number of hydrogen-bond acceptors (Lipinski definition) is 4. The fourth-order valence-electron chi connectivity index (χ4n) is 1.53. The van der Waals surface area contributed by atoms with Crippen molar-refractivity contribution in [1.29, 1.82) is 0 Å². The second kappa shape index (κ2) is 6.75. The van der Waals surface area contributed by atoms with E-state index in [2.05, 4.69) is 0 Å². The predicted molar refractivity (Wildman–Crippen MR) is 71.5 cm³/mol. The molecule has 102 valence electrons. The van der Waals surface area contributed by atoms with E-state index in [9.17, 15) is 13.5 Å². The summed E-state index contributed by atoms with van der Waals surface area (Å²) in [5.41, 5.74) is 0.703. The molecule has 0 unspecified atom stereocenters. The first-order chi connectivity index (χ1) is 8.50. The molecule has 0 aromatic heterocycles. The molecule has 1 aromatic rings. The highest BCUT2D eigenvalue weighted by Gasteiger charge is 2.12. The van der Waals surface area contributed by atoms with Crippen molar-refractivity contribution in [2.45, 2.75) is 26.4 Å². The number of benzene rings is 1. The summed E-state index contributed by atoms with van der Waals surface area (Å²) in [6.07, 6.45) is 0.0113. The van der Waals surface area contributed by atoms with Gasteiger partial charge in [0.2, 0.25) is 0 Å². The van der Waals surface area contributed by atoms with Crippen molar-refractivity contribution in [1.82, 2.24) is 0 Å². The summed E-state index contributed by atoms with van der Waals surface area (Å²) in [7, 11) is -3.02. The highest BCUT2D eigenvalue weighted by molar-refractivity contribution is 7.91. The van der Waals surface area contributed by atoms with E-state index in [0.717, 1.165) is 0 Å². The summed E-state index contributed by atoms with van der Waals surface area (Å²) in [5, 5.41) is 9.82. The van der Waals surface area contributed by atoms with Crippen LogP contribution in [0.15, 0.2) is 24.3 Å². The predicted octanol–water partition coefficient (Wildman–Crippen LogP) is 1.94. The van der Waals surface area contributed by atoms with Crippen LogP contribution in [0, 0.1) is 0 Å². The van der Waals surface area contributed by atoms with Crippen LogP contribution in [0.3, 0.4) is 0 Å². The van der Waals surface area contributed by atoms with Gasteiger partial charge < -0.3 is 9.84 Å². The van der Waals surface area contributed by atoms with Crippen LogP contribution in [-0.4, -0.2) is 31.6 Å². The smallest absolute Gasteiger partial charge is 0.153 e. The van der Waals surface area contributed by atoms with Crippen molar-refractivity contribution in [3.8, 4) is 5.75 Å². The van der Waals surface area contributed by atoms with Gasteiger partial charge in [0, 0.05) is 11.3 Å². The van der Waals surface area contributed by atoms with Crippen molar-refractivity contribution in [3.05, 3.63) is 29.8 Å². The quantitative estimate of drug-likeness (QED) is 0.824. The fourth-order valence-corrected chi connectivity index (χ4v) is 2.16. The number of rotatable bonds is 7. The average Bonchev–Trinajstić information content (AvgIpc) is 2.38. The van der Waals surface area contributed by atoms with Gasteiger partial charge in [-0.05, 0) is 12.5 Å². The van der Waals surface area contributed by atoms with Gasteiger partial charge in [-0.25, -0.2) is 8.42 Å². The lowest BCUT2D eigenvalue weighted by molar-refractivity contribution is 0.168. The Kier molecular flexibility index (Phi) is 5.62. The second-order valence-corrected chi connectivity index (χ2v) is 6.52. The molecule has 0 bridgehead atoms. The molecule has 0 amide bonds. The van der Waals surface area contributed by atoms with E-state index in [1.165, 1.54) is 0 Å². The Morgan fingerprint density at radius 2 is 1.94 bits per heavy atom. The van der Waals surface area contributed by atoms with E-state index in [1.807, 2.05) is 13.0 Å². The Bertz CT molecular complexity index is 468. The van der Waals surface area contributed by atoms with Crippen LogP contribution in [0.25, 0.3) is 0 Å². The van der Waals surface area contributed by atoms with Crippen molar-refractivity contribution in [2.75, 3.05) is 18.1 Å². The molecular formula is C13H20O4S. The molecule has 0 fully saturated rings. The summed E-state index contributed by atoms with van der Waals surface area (Å²) in [6, 6.07) is 7.16. The Morgan fingerprint density at radius 1 is 1.28 bits per heavy atom. The fraction of sp³-hybridized carbons (Fsp3) is 0.538. The molecule has 0 aliphatic rings. The first-order valence-electron chi connectivity index (χ1n) is 6.10. The summed E-state index contributed by atoms with van der Waals surface area (Å²) >= 11 is 0. The van der Waals surface area contributed by atoms with Crippen LogP contribution in [0.1, 0.15) is 31.9 Å². The summed E-state index contributed by atoms with van der Waals surface area (Å²) in [5.74, 6) is 0.675. The van der Waals surface area contributed by atoms with Crippen molar-refractivity contribution >= 4 is 9.84 Å². The van der Waals surface area contributed by atoms with Crippen molar-refractivity contribution < 1.29 is 18.3 Å². The van der Waals surface area contributed by atoms with E-state index in [-0.39, 0.29) is 18.1 Å². The lowest BCUT2D eigenvalue weighted by atomic mass is 10.1. The van der Waals surface area contributed by atoms with E-state index < -0.39 is 15.9 Å². The van der Waals surface area contributed by atoms with Gasteiger partial charge in [-0.1, -0.05) is 32.0 Å². The Hall–Kier alpha value is -1.07. The largest absolute Gasteiger partial charge is 0.492 e. The third-order valence-electron chi connectivity index (χ3n) is 2.76. The van der Waals surface area contributed by atoms with Crippen LogP contribution >= 0.6 is 0 Å².